The van der Waals surface area contributed by atoms with Crippen LogP contribution in [0.5, 0.6) is 11.5 Å². The molecule has 0 atom stereocenters. The number of halogens is 2. The minimum Gasteiger partial charge on any atom is -0.395 e. The molecule has 0 aromatic heterocycles. The molecule has 0 amide bonds. The van der Waals surface area contributed by atoms with Crippen molar-refractivity contribution in [3.63, 3.8) is 0 Å². The average molecular weight is 215 g/mol. The van der Waals surface area contributed by atoms with Gasteiger partial charge in [-0.25, -0.2) is 0 Å². The zero-order valence-corrected chi connectivity index (χ0v) is 8.43. The van der Waals surface area contributed by atoms with Gasteiger partial charge in [0.2, 0.25) is 0 Å². The van der Waals surface area contributed by atoms with Crippen molar-refractivity contribution < 1.29 is 18.3 Å². The van der Waals surface area contributed by atoms with Crippen LogP contribution in [0.25, 0.3) is 0 Å². The molecule has 0 aliphatic carbocycles. The van der Waals surface area contributed by atoms with Gasteiger partial charge in [-0.3, -0.25) is 0 Å². The van der Waals surface area contributed by atoms with Crippen LogP contribution in [0.2, 0.25) is 0 Å². The first kappa shape index (κ1) is 10.0. The van der Waals surface area contributed by atoms with Gasteiger partial charge in [-0.2, -0.15) is 0 Å². The van der Waals surface area contributed by atoms with Gasteiger partial charge in [-0.15, -0.1) is 8.78 Å². The maximum absolute atomic E-state index is 12.8. The highest BCUT2D eigenvalue weighted by molar-refractivity contribution is 5.63. The number of fused-ring (bicyclic) bond motifs is 1. The standard InChI is InChI=1S/C10H11F2NO2/c1-3-6-7(13-2)4-5-8-9(6)15-10(11,12)14-8/h4-5,13H,3H2,1-2H3. The van der Waals surface area contributed by atoms with E-state index in [1.807, 2.05) is 6.92 Å². The highest BCUT2D eigenvalue weighted by Crippen LogP contribution is 2.45. The Morgan fingerprint density at radius 2 is 2.07 bits per heavy atom. The van der Waals surface area contributed by atoms with Crippen LogP contribution in [-0.2, 0) is 6.42 Å². The SMILES string of the molecule is CCc1c(NC)ccc2c1OC(F)(F)O2. The summed E-state index contributed by atoms with van der Waals surface area (Å²) in [6.07, 6.45) is -2.95. The van der Waals surface area contributed by atoms with E-state index in [1.54, 1.807) is 13.1 Å². The molecular formula is C10H11F2NO2. The normalized spacial score (nSPS) is 16.5. The average Bonchev–Trinajstić information content (AvgIpc) is 2.50. The number of alkyl halides is 2. The summed E-state index contributed by atoms with van der Waals surface area (Å²) in [5.41, 5.74) is 1.48. The number of rotatable bonds is 2. The largest absolute Gasteiger partial charge is 0.586 e. The monoisotopic (exact) mass is 215 g/mol. The van der Waals surface area contributed by atoms with Crippen LogP contribution in [0, 0.1) is 0 Å². The number of benzene rings is 1. The van der Waals surface area contributed by atoms with Gasteiger partial charge in [0, 0.05) is 18.3 Å². The number of ether oxygens (including phenoxy) is 2. The van der Waals surface area contributed by atoms with E-state index in [4.69, 9.17) is 0 Å². The van der Waals surface area contributed by atoms with Gasteiger partial charge in [-0.05, 0) is 18.6 Å². The Kier molecular flexibility index (Phi) is 2.17. The summed E-state index contributed by atoms with van der Waals surface area (Å²) in [5, 5.41) is 2.92. The van der Waals surface area contributed by atoms with Crippen LogP contribution in [0.4, 0.5) is 14.5 Å². The molecule has 2 rings (SSSR count). The van der Waals surface area contributed by atoms with E-state index >= 15 is 0 Å². The van der Waals surface area contributed by atoms with Gasteiger partial charge in [-0.1, -0.05) is 6.92 Å². The second kappa shape index (κ2) is 3.25. The van der Waals surface area contributed by atoms with Crippen LogP contribution >= 0.6 is 0 Å². The molecule has 1 aliphatic heterocycles. The van der Waals surface area contributed by atoms with E-state index in [0.29, 0.717) is 12.0 Å². The number of hydrogen-bond acceptors (Lipinski definition) is 3. The predicted molar refractivity (Wildman–Crippen MR) is 51.6 cm³/mol. The van der Waals surface area contributed by atoms with Crippen molar-refractivity contribution in [1.29, 1.82) is 0 Å². The van der Waals surface area contributed by atoms with Gasteiger partial charge < -0.3 is 14.8 Å². The lowest BCUT2D eigenvalue weighted by Crippen LogP contribution is -2.26. The van der Waals surface area contributed by atoms with Crippen molar-refractivity contribution >= 4 is 5.69 Å². The summed E-state index contributed by atoms with van der Waals surface area (Å²) >= 11 is 0. The van der Waals surface area contributed by atoms with E-state index in [9.17, 15) is 8.78 Å². The highest BCUT2D eigenvalue weighted by atomic mass is 19.3. The molecule has 1 aliphatic rings. The van der Waals surface area contributed by atoms with Gasteiger partial charge in [0.15, 0.2) is 11.5 Å². The molecule has 1 N–H and O–H groups in total. The summed E-state index contributed by atoms with van der Waals surface area (Å²) in [5.74, 6) is 0.227. The molecule has 0 saturated heterocycles. The summed E-state index contributed by atoms with van der Waals surface area (Å²) in [6.45, 7) is 1.87. The second-order valence-corrected chi connectivity index (χ2v) is 3.19. The molecule has 0 fully saturated rings. The van der Waals surface area contributed by atoms with Gasteiger partial charge in [0.1, 0.15) is 0 Å². The quantitative estimate of drug-likeness (QED) is 0.822. The smallest absolute Gasteiger partial charge is 0.395 e. The lowest BCUT2D eigenvalue weighted by atomic mass is 10.1. The Balaban J connectivity index is 2.50. The first-order chi connectivity index (χ1) is 7.07. The Labute approximate surface area is 86.0 Å². The maximum Gasteiger partial charge on any atom is 0.586 e. The van der Waals surface area contributed by atoms with Gasteiger partial charge >= 0.3 is 6.29 Å². The fourth-order valence-electron chi connectivity index (χ4n) is 1.65. The third-order valence-corrected chi connectivity index (χ3v) is 2.30. The summed E-state index contributed by atoms with van der Waals surface area (Å²) in [7, 11) is 1.73. The maximum atomic E-state index is 12.8. The zero-order valence-electron chi connectivity index (χ0n) is 8.43. The number of anilines is 1. The van der Waals surface area contributed by atoms with Gasteiger partial charge in [0.05, 0.1) is 0 Å². The molecule has 82 valence electrons. The van der Waals surface area contributed by atoms with E-state index in [-0.39, 0.29) is 11.5 Å². The Morgan fingerprint density at radius 3 is 2.67 bits per heavy atom. The first-order valence-corrected chi connectivity index (χ1v) is 4.67. The van der Waals surface area contributed by atoms with Crippen molar-refractivity contribution in [1.82, 2.24) is 0 Å². The molecule has 3 nitrogen and oxygen atoms in total. The van der Waals surface area contributed by atoms with E-state index in [1.165, 1.54) is 6.07 Å². The van der Waals surface area contributed by atoms with Crippen molar-refractivity contribution in [2.45, 2.75) is 19.6 Å². The third-order valence-electron chi connectivity index (χ3n) is 2.30. The van der Waals surface area contributed by atoms with Crippen molar-refractivity contribution in [2.24, 2.45) is 0 Å². The summed E-state index contributed by atoms with van der Waals surface area (Å²) in [6, 6.07) is 3.17. The molecule has 15 heavy (non-hydrogen) atoms. The number of hydrogen-bond donors (Lipinski definition) is 1. The molecule has 1 aromatic carbocycles. The molecule has 1 aromatic rings. The minimum atomic E-state index is -3.54. The Hall–Kier alpha value is -1.52. The van der Waals surface area contributed by atoms with Crippen LogP contribution in [0.15, 0.2) is 12.1 Å². The molecular weight excluding hydrogens is 204 g/mol. The topological polar surface area (TPSA) is 30.5 Å². The fraction of sp³-hybridized carbons (Fsp3) is 0.400. The molecule has 0 unspecified atom stereocenters. The van der Waals surface area contributed by atoms with Crippen LogP contribution < -0.4 is 14.8 Å². The van der Waals surface area contributed by atoms with E-state index in [2.05, 4.69) is 14.8 Å². The summed E-state index contributed by atoms with van der Waals surface area (Å²) in [4.78, 5) is 0. The molecule has 0 radical (unpaired) electrons. The summed E-state index contributed by atoms with van der Waals surface area (Å²) < 4.78 is 34.5. The highest BCUT2D eigenvalue weighted by Gasteiger charge is 2.44. The zero-order chi connectivity index (χ0) is 11.1. The molecule has 1 heterocycles. The van der Waals surface area contributed by atoms with Crippen molar-refractivity contribution in [2.75, 3.05) is 12.4 Å². The molecule has 0 spiro atoms. The predicted octanol–water partition coefficient (Wildman–Crippen LogP) is 2.61. The number of nitrogens with one attached hydrogen (secondary N) is 1. The van der Waals surface area contributed by atoms with Crippen LogP contribution in [0.1, 0.15) is 12.5 Å². The lowest BCUT2D eigenvalue weighted by Gasteiger charge is -2.09. The Morgan fingerprint density at radius 1 is 1.33 bits per heavy atom. The minimum absolute atomic E-state index is 0.0934. The molecule has 0 saturated carbocycles. The van der Waals surface area contributed by atoms with Crippen molar-refractivity contribution in [3.8, 4) is 11.5 Å². The molecule has 0 bridgehead atoms. The van der Waals surface area contributed by atoms with E-state index in [0.717, 1.165) is 5.69 Å². The third kappa shape index (κ3) is 1.58. The lowest BCUT2D eigenvalue weighted by molar-refractivity contribution is -0.286. The van der Waals surface area contributed by atoms with Crippen molar-refractivity contribution in [3.05, 3.63) is 17.7 Å². The van der Waals surface area contributed by atoms with Gasteiger partial charge in [0.25, 0.3) is 0 Å². The first-order valence-electron chi connectivity index (χ1n) is 4.67. The molecule has 5 heteroatoms. The fourth-order valence-corrected chi connectivity index (χ4v) is 1.65. The Bertz CT molecular complexity index is 393. The van der Waals surface area contributed by atoms with E-state index < -0.39 is 6.29 Å². The second-order valence-electron chi connectivity index (χ2n) is 3.19. The van der Waals surface area contributed by atoms with Crippen LogP contribution in [-0.4, -0.2) is 13.3 Å². The van der Waals surface area contributed by atoms with Crippen LogP contribution in [0.3, 0.4) is 0 Å².